The Labute approximate surface area is 302 Å². The first-order valence-electron chi connectivity index (χ1n) is 17.6. The number of ether oxygens (including phenoxy) is 2. The predicted octanol–water partition coefficient (Wildman–Crippen LogP) is 1.61. The molecule has 0 aromatic rings. The van der Waals surface area contributed by atoms with Crippen molar-refractivity contribution in [3.63, 3.8) is 0 Å². The molecule has 14 nitrogen and oxygen atoms in total. The second-order valence-electron chi connectivity index (χ2n) is 13.7. The van der Waals surface area contributed by atoms with Gasteiger partial charge in [-0.1, -0.05) is 42.5 Å². The van der Waals surface area contributed by atoms with Crippen LogP contribution in [-0.2, 0) is 38.3 Å². The van der Waals surface area contributed by atoms with E-state index >= 15 is 0 Å². The molecule has 9 unspecified atom stereocenters. The van der Waals surface area contributed by atoms with Crippen LogP contribution in [0, 0.1) is 17.8 Å². The van der Waals surface area contributed by atoms with Crippen LogP contribution >= 0.6 is 11.8 Å². The number of aliphatic hydroxyl groups excluding tert-OH is 3. The minimum Gasteiger partial charge on any atom is -0.457 e. The molecule has 0 spiro atoms. The van der Waals surface area contributed by atoms with Gasteiger partial charge in [0.2, 0.25) is 5.91 Å². The zero-order chi connectivity index (χ0) is 37.1. The summed E-state index contributed by atoms with van der Waals surface area (Å²) in [6, 6.07) is -0.542. The van der Waals surface area contributed by atoms with E-state index in [9.17, 15) is 39.3 Å². The summed E-state index contributed by atoms with van der Waals surface area (Å²) >= 11 is 1.01. The summed E-state index contributed by atoms with van der Waals surface area (Å²) < 4.78 is 11.5. The van der Waals surface area contributed by atoms with Gasteiger partial charge in [0.05, 0.1) is 42.7 Å². The summed E-state index contributed by atoms with van der Waals surface area (Å²) in [4.78, 5) is 72.0. The van der Waals surface area contributed by atoms with Crippen LogP contribution in [0.15, 0.2) is 41.6 Å². The number of hydrogen-bond donors (Lipinski definition) is 4. The normalized spacial score (nSPS) is 33.4. The Bertz CT molecular complexity index is 1380. The maximum Gasteiger partial charge on any atom is 0.317 e. The van der Waals surface area contributed by atoms with Crippen LogP contribution in [0.1, 0.15) is 65.2 Å². The van der Waals surface area contributed by atoms with E-state index < -0.39 is 65.4 Å². The quantitative estimate of drug-likeness (QED) is 0.116. The summed E-state index contributed by atoms with van der Waals surface area (Å²) in [6.07, 6.45) is 5.91. The largest absolute Gasteiger partial charge is 0.457 e. The van der Waals surface area contributed by atoms with Crippen molar-refractivity contribution in [1.82, 2.24) is 10.2 Å². The van der Waals surface area contributed by atoms with E-state index in [1.54, 1.807) is 24.0 Å². The van der Waals surface area contributed by atoms with E-state index in [0.29, 0.717) is 18.8 Å². The van der Waals surface area contributed by atoms with Gasteiger partial charge in [0.1, 0.15) is 29.3 Å². The van der Waals surface area contributed by atoms with Crippen molar-refractivity contribution < 1.29 is 53.6 Å². The molecule has 4 rings (SSSR count). The number of thioether (sulfide) groups is 1. The van der Waals surface area contributed by atoms with Crippen molar-refractivity contribution >= 4 is 46.8 Å². The Morgan fingerprint density at radius 3 is 2.59 bits per heavy atom. The number of amides is 2. The number of cyclic esters (lactones) is 1. The SMILES string of the molecule is C=CC1CC(C)=CC(NC(=O)CSC2OC(CO)C(C)C(O)C2O)CC=CC(=NOCC(=O)N2CCCCC2)CC2CC(=O)CC(=O)C2C(=O)O1. The Morgan fingerprint density at radius 2 is 1.88 bits per heavy atom. The molecule has 4 N–H and O–H groups in total. The summed E-state index contributed by atoms with van der Waals surface area (Å²) in [5.74, 6) is -4.67. The van der Waals surface area contributed by atoms with Gasteiger partial charge in [-0.15, -0.1) is 11.8 Å². The Hall–Kier alpha value is -3.37. The van der Waals surface area contributed by atoms with Crippen molar-refractivity contribution in [2.75, 3.05) is 32.1 Å². The zero-order valence-corrected chi connectivity index (χ0v) is 30.1. The number of likely N-dealkylation sites (tertiary alicyclic amines) is 1. The molecular formula is C36H51N3O11S. The predicted molar refractivity (Wildman–Crippen MR) is 188 cm³/mol. The van der Waals surface area contributed by atoms with E-state index in [-0.39, 0.29) is 68.7 Å². The molecule has 0 aromatic heterocycles. The second-order valence-corrected chi connectivity index (χ2v) is 14.8. The molecule has 282 valence electrons. The molecule has 0 aromatic carbocycles. The van der Waals surface area contributed by atoms with E-state index in [1.807, 2.05) is 13.0 Å². The fraction of sp³-hybridized carbons (Fsp3) is 0.667. The molecule has 3 aliphatic heterocycles. The number of carbonyl (C=O) groups excluding carboxylic acids is 5. The lowest BCUT2D eigenvalue weighted by Gasteiger charge is -2.40. The molecule has 0 radical (unpaired) electrons. The van der Waals surface area contributed by atoms with Crippen LogP contribution in [0.5, 0.6) is 0 Å². The molecular weight excluding hydrogens is 682 g/mol. The third kappa shape index (κ3) is 11.6. The molecule has 1 aliphatic carbocycles. The van der Waals surface area contributed by atoms with Crippen molar-refractivity contribution in [2.24, 2.45) is 22.9 Å². The molecule has 2 saturated heterocycles. The van der Waals surface area contributed by atoms with Crippen LogP contribution in [0.3, 0.4) is 0 Å². The number of nitrogens with one attached hydrogen (secondary N) is 1. The lowest BCUT2D eigenvalue weighted by Crippen LogP contribution is -2.53. The molecule has 3 heterocycles. The van der Waals surface area contributed by atoms with Gasteiger partial charge in [0, 0.05) is 31.8 Å². The highest BCUT2D eigenvalue weighted by Crippen LogP contribution is 2.33. The number of aliphatic hydroxyl groups is 3. The highest BCUT2D eigenvalue weighted by atomic mass is 32.2. The van der Waals surface area contributed by atoms with E-state index in [1.165, 1.54) is 6.08 Å². The molecule has 4 aliphatic rings. The fourth-order valence-electron chi connectivity index (χ4n) is 6.84. The topological polar surface area (TPSA) is 201 Å². The minimum absolute atomic E-state index is 0.0238. The highest BCUT2D eigenvalue weighted by molar-refractivity contribution is 8.00. The van der Waals surface area contributed by atoms with Gasteiger partial charge < -0.3 is 39.8 Å². The Balaban J connectivity index is 1.53. The number of allylic oxidation sites excluding steroid dienone is 1. The van der Waals surface area contributed by atoms with E-state index in [0.717, 1.165) is 36.6 Å². The lowest BCUT2D eigenvalue weighted by atomic mass is 9.75. The van der Waals surface area contributed by atoms with Gasteiger partial charge in [-0.25, -0.2) is 0 Å². The number of piperidine rings is 1. The Kier molecular flexibility index (Phi) is 15.4. The number of ketones is 2. The molecule has 0 bridgehead atoms. The monoisotopic (exact) mass is 733 g/mol. The maximum atomic E-state index is 13.4. The van der Waals surface area contributed by atoms with Crippen molar-refractivity contribution in [1.29, 1.82) is 0 Å². The first-order chi connectivity index (χ1) is 24.4. The number of Topliss-reactive ketones (excluding diaryl/α,β-unsaturated/α-hetero) is 2. The molecule has 2 amide bonds. The van der Waals surface area contributed by atoms with Crippen LogP contribution in [-0.4, -0.2) is 123 Å². The number of rotatable bonds is 9. The second kappa shape index (κ2) is 19.5. The maximum absolute atomic E-state index is 13.4. The van der Waals surface area contributed by atoms with Crippen LogP contribution in [0.4, 0.5) is 0 Å². The number of carbonyl (C=O) groups is 5. The van der Waals surface area contributed by atoms with Gasteiger partial charge in [0.25, 0.3) is 5.91 Å². The van der Waals surface area contributed by atoms with Crippen molar-refractivity contribution in [2.45, 2.75) is 101 Å². The third-order valence-electron chi connectivity index (χ3n) is 9.69. The van der Waals surface area contributed by atoms with Gasteiger partial charge in [-0.3, -0.25) is 24.0 Å². The fourth-order valence-corrected chi connectivity index (χ4v) is 7.82. The molecule has 1 saturated carbocycles. The van der Waals surface area contributed by atoms with Crippen molar-refractivity contribution in [3.05, 3.63) is 36.5 Å². The van der Waals surface area contributed by atoms with Crippen LogP contribution in [0.25, 0.3) is 0 Å². The molecule has 9 atom stereocenters. The van der Waals surface area contributed by atoms with Crippen LogP contribution < -0.4 is 5.32 Å². The molecule has 51 heavy (non-hydrogen) atoms. The van der Waals surface area contributed by atoms with E-state index in [2.05, 4.69) is 17.1 Å². The standard InChI is InChI=1S/C36H51N3O11S/c1-4-27-14-21(2)13-24(37-30(43)20-51-36-34(46)33(45)22(3)29(18-40)50-36)9-8-10-25(38-48-19-31(44)39-11-6-5-7-12-39)15-23-16-26(41)17-28(42)32(23)35(47)49-27/h4,8,10,13,22-24,27,29,32-34,36,40,45-46H,1,5-7,9,11-12,14-20H2,2-3H3,(H,37,43). The highest BCUT2D eigenvalue weighted by Gasteiger charge is 2.43. The van der Waals surface area contributed by atoms with E-state index in [4.69, 9.17) is 14.3 Å². The zero-order valence-electron chi connectivity index (χ0n) is 29.3. The number of hydrogen-bond acceptors (Lipinski definition) is 13. The summed E-state index contributed by atoms with van der Waals surface area (Å²) in [6.45, 7) is 7.93. The average Bonchev–Trinajstić information content (AvgIpc) is 3.09. The van der Waals surface area contributed by atoms with Gasteiger partial charge in [-0.2, -0.15) is 0 Å². The summed E-state index contributed by atoms with van der Waals surface area (Å²) in [7, 11) is 0. The third-order valence-corrected chi connectivity index (χ3v) is 10.8. The van der Waals surface area contributed by atoms with Gasteiger partial charge in [0.15, 0.2) is 12.4 Å². The lowest BCUT2D eigenvalue weighted by molar-refractivity contribution is -0.176. The molecule has 3 fully saturated rings. The van der Waals surface area contributed by atoms with Crippen molar-refractivity contribution in [3.8, 4) is 0 Å². The molecule has 15 heteroatoms. The summed E-state index contributed by atoms with van der Waals surface area (Å²) in [5.41, 5.74) is 0.145. The number of nitrogens with zero attached hydrogens (tertiary/aromatic N) is 2. The number of esters is 1. The van der Waals surface area contributed by atoms with Gasteiger partial charge in [-0.05, 0) is 51.0 Å². The van der Waals surface area contributed by atoms with Gasteiger partial charge >= 0.3 is 5.97 Å². The Morgan fingerprint density at radius 1 is 1.14 bits per heavy atom. The number of oxime groups is 1. The van der Waals surface area contributed by atoms with Crippen LogP contribution in [0.2, 0.25) is 0 Å². The minimum atomic E-state index is -1.25. The first kappa shape index (κ1) is 40.4. The number of fused-ring (bicyclic) bond motifs is 1. The average molecular weight is 734 g/mol. The summed E-state index contributed by atoms with van der Waals surface area (Å²) in [5, 5.41) is 37.7. The first-order valence-corrected chi connectivity index (χ1v) is 18.7. The smallest absolute Gasteiger partial charge is 0.317 e.